The van der Waals surface area contributed by atoms with Gasteiger partial charge in [-0.2, -0.15) is 0 Å². The van der Waals surface area contributed by atoms with Gasteiger partial charge in [0, 0.05) is 12.0 Å². The number of amides is 2. The van der Waals surface area contributed by atoms with Gasteiger partial charge < -0.3 is 19.9 Å². The van der Waals surface area contributed by atoms with Crippen LogP contribution in [-0.2, 0) is 9.53 Å². The van der Waals surface area contributed by atoms with Gasteiger partial charge in [0.25, 0.3) is 5.91 Å². The maximum Gasteiger partial charge on any atom is 0.257 e. The van der Waals surface area contributed by atoms with Crippen molar-refractivity contribution in [2.24, 2.45) is 5.73 Å². The van der Waals surface area contributed by atoms with Crippen LogP contribution in [0.2, 0.25) is 0 Å². The predicted molar refractivity (Wildman–Crippen MR) is 67.4 cm³/mol. The number of ether oxygens (including phenoxy) is 3. The molecule has 0 saturated carbocycles. The Morgan fingerprint density at radius 1 is 1.25 bits per heavy atom. The lowest BCUT2D eigenvalue weighted by Crippen LogP contribution is -2.59. The van der Waals surface area contributed by atoms with Crippen LogP contribution in [0.5, 0.6) is 11.5 Å². The van der Waals surface area contributed by atoms with Gasteiger partial charge in [-0.15, -0.1) is 0 Å². The van der Waals surface area contributed by atoms with Crippen molar-refractivity contribution in [3.8, 4) is 11.5 Å². The van der Waals surface area contributed by atoms with Crippen molar-refractivity contribution in [3.63, 3.8) is 0 Å². The third kappa shape index (κ3) is 2.45. The van der Waals surface area contributed by atoms with Crippen LogP contribution in [0, 0.1) is 0 Å². The van der Waals surface area contributed by atoms with E-state index in [1.54, 1.807) is 12.1 Å². The number of imide groups is 1. The fourth-order valence-electron chi connectivity index (χ4n) is 2.07. The Morgan fingerprint density at radius 3 is 2.70 bits per heavy atom. The van der Waals surface area contributed by atoms with Crippen LogP contribution in [0.25, 0.3) is 0 Å². The van der Waals surface area contributed by atoms with Crippen molar-refractivity contribution >= 4 is 11.8 Å². The van der Waals surface area contributed by atoms with Crippen LogP contribution in [0.1, 0.15) is 16.8 Å². The molecule has 20 heavy (non-hydrogen) atoms. The smallest absolute Gasteiger partial charge is 0.257 e. The van der Waals surface area contributed by atoms with E-state index in [0.717, 1.165) is 0 Å². The first-order valence-electron chi connectivity index (χ1n) is 6.16. The molecule has 1 saturated heterocycles. The van der Waals surface area contributed by atoms with Gasteiger partial charge in [0.05, 0.1) is 18.8 Å². The quantitative estimate of drug-likeness (QED) is 0.793. The molecule has 1 fully saturated rings. The first-order chi connectivity index (χ1) is 9.56. The van der Waals surface area contributed by atoms with E-state index in [4.69, 9.17) is 19.9 Å². The summed E-state index contributed by atoms with van der Waals surface area (Å²) in [5.41, 5.74) is 5.54. The topological polar surface area (TPSA) is 99.9 Å². The average molecular weight is 278 g/mol. The zero-order chi connectivity index (χ0) is 14.2. The average Bonchev–Trinajstić information content (AvgIpc) is 2.83. The molecule has 0 radical (unpaired) electrons. The van der Waals surface area contributed by atoms with E-state index in [-0.39, 0.29) is 13.2 Å². The highest BCUT2D eigenvalue weighted by atomic mass is 16.7. The molecule has 2 aliphatic heterocycles. The highest BCUT2D eigenvalue weighted by Crippen LogP contribution is 2.32. The number of fused-ring (bicyclic) bond motifs is 1. The Morgan fingerprint density at radius 2 is 2.00 bits per heavy atom. The van der Waals surface area contributed by atoms with E-state index < -0.39 is 17.4 Å². The lowest BCUT2D eigenvalue weighted by atomic mass is 9.94. The van der Waals surface area contributed by atoms with Crippen molar-refractivity contribution in [3.05, 3.63) is 23.8 Å². The van der Waals surface area contributed by atoms with Crippen LogP contribution in [0.4, 0.5) is 0 Å². The van der Waals surface area contributed by atoms with Crippen LogP contribution >= 0.6 is 0 Å². The maximum atomic E-state index is 11.9. The number of carbonyl (C=O) groups is 2. The number of hydrogen-bond donors (Lipinski definition) is 2. The van der Waals surface area contributed by atoms with Gasteiger partial charge >= 0.3 is 0 Å². The summed E-state index contributed by atoms with van der Waals surface area (Å²) in [6, 6.07) is 4.74. The van der Waals surface area contributed by atoms with E-state index in [1.807, 2.05) is 0 Å². The van der Waals surface area contributed by atoms with E-state index in [1.165, 1.54) is 6.07 Å². The van der Waals surface area contributed by atoms with E-state index in [2.05, 4.69) is 5.32 Å². The molecule has 3 N–H and O–H groups in total. The summed E-state index contributed by atoms with van der Waals surface area (Å²) in [4.78, 5) is 23.7. The molecule has 2 aliphatic rings. The Bertz CT molecular complexity index is 568. The van der Waals surface area contributed by atoms with Gasteiger partial charge in [-0.25, -0.2) is 0 Å². The second kappa shape index (κ2) is 4.77. The highest BCUT2D eigenvalue weighted by Gasteiger charge is 2.36. The van der Waals surface area contributed by atoms with Crippen molar-refractivity contribution in [2.75, 3.05) is 20.0 Å². The summed E-state index contributed by atoms with van der Waals surface area (Å²) in [6.07, 6.45) is 0.0588. The Kier molecular flexibility index (Phi) is 3.07. The van der Waals surface area contributed by atoms with Crippen LogP contribution in [0.15, 0.2) is 18.2 Å². The first kappa shape index (κ1) is 12.9. The first-order valence-corrected chi connectivity index (χ1v) is 6.16. The standard InChI is InChI=1S/C13H14N2O5/c14-13(5-18-6-13)4-11(16)15-12(17)8-1-2-9-10(3-8)20-7-19-9/h1-3H,4-7,14H2,(H,15,16,17). The summed E-state index contributed by atoms with van der Waals surface area (Å²) >= 11 is 0. The van der Waals surface area contributed by atoms with Gasteiger partial charge in [0.15, 0.2) is 11.5 Å². The summed E-state index contributed by atoms with van der Waals surface area (Å²) in [5, 5.41) is 2.30. The predicted octanol–water partition coefficient (Wildman–Crippen LogP) is -0.211. The van der Waals surface area contributed by atoms with E-state index in [9.17, 15) is 9.59 Å². The van der Waals surface area contributed by atoms with Crippen molar-refractivity contribution in [1.29, 1.82) is 0 Å². The minimum absolute atomic E-state index is 0.0588. The molecular formula is C13H14N2O5. The minimum atomic E-state index is -0.654. The molecule has 106 valence electrons. The van der Waals surface area contributed by atoms with Crippen LogP contribution in [0.3, 0.4) is 0 Å². The molecule has 0 aliphatic carbocycles. The molecular weight excluding hydrogens is 264 g/mol. The van der Waals surface area contributed by atoms with E-state index >= 15 is 0 Å². The summed E-state index contributed by atoms with van der Waals surface area (Å²) in [6.45, 7) is 0.798. The molecule has 0 unspecified atom stereocenters. The van der Waals surface area contributed by atoms with Crippen LogP contribution in [-0.4, -0.2) is 37.4 Å². The van der Waals surface area contributed by atoms with Crippen molar-refractivity contribution in [1.82, 2.24) is 5.32 Å². The number of nitrogens with one attached hydrogen (secondary N) is 1. The van der Waals surface area contributed by atoms with Gasteiger partial charge in [-0.05, 0) is 18.2 Å². The largest absolute Gasteiger partial charge is 0.454 e. The number of nitrogens with two attached hydrogens (primary N) is 1. The molecule has 0 atom stereocenters. The van der Waals surface area contributed by atoms with Crippen molar-refractivity contribution in [2.45, 2.75) is 12.0 Å². The second-order valence-electron chi connectivity index (χ2n) is 4.98. The lowest BCUT2D eigenvalue weighted by Gasteiger charge is -2.36. The molecule has 2 amide bonds. The Balaban J connectivity index is 1.62. The molecule has 0 spiro atoms. The molecule has 1 aromatic carbocycles. The van der Waals surface area contributed by atoms with Gasteiger partial charge in [-0.1, -0.05) is 0 Å². The van der Waals surface area contributed by atoms with Crippen molar-refractivity contribution < 1.29 is 23.8 Å². The number of hydrogen-bond acceptors (Lipinski definition) is 6. The summed E-state index contributed by atoms with van der Waals surface area (Å²) in [5.74, 6) is 0.170. The zero-order valence-corrected chi connectivity index (χ0v) is 10.7. The number of benzene rings is 1. The summed E-state index contributed by atoms with van der Waals surface area (Å²) in [7, 11) is 0. The summed E-state index contributed by atoms with van der Waals surface area (Å²) < 4.78 is 15.3. The highest BCUT2D eigenvalue weighted by molar-refractivity contribution is 6.05. The normalized spacial score (nSPS) is 18.2. The SMILES string of the molecule is NC1(CC(=O)NC(=O)c2ccc3c(c2)OCO3)COC1. The number of carbonyl (C=O) groups excluding carboxylic acids is 2. The molecule has 1 aromatic rings. The molecule has 2 heterocycles. The second-order valence-corrected chi connectivity index (χ2v) is 4.98. The maximum absolute atomic E-state index is 11.9. The van der Waals surface area contributed by atoms with Gasteiger partial charge in [0.2, 0.25) is 12.7 Å². The zero-order valence-electron chi connectivity index (χ0n) is 10.7. The molecule has 7 nitrogen and oxygen atoms in total. The monoisotopic (exact) mass is 278 g/mol. The Hall–Kier alpha value is -2.12. The van der Waals surface area contributed by atoms with Gasteiger partial charge in [0.1, 0.15) is 0 Å². The molecule has 0 bridgehead atoms. The molecule has 7 heteroatoms. The van der Waals surface area contributed by atoms with E-state index in [0.29, 0.717) is 30.3 Å². The fourth-order valence-corrected chi connectivity index (χ4v) is 2.07. The Labute approximate surface area is 115 Å². The van der Waals surface area contributed by atoms with Gasteiger partial charge in [-0.3, -0.25) is 14.9 Å². The third-order valence-corrected chi connectivity index (χ3v) is 3.18. The number of rotatable bonds is 3. The minimum Gasteiger partial charge on any atom is -0.454 e. The molecule has 0 aromatic heterocycles. The van der Waals surface area contributed by atoms with Crippen LogP contribution < -0.4 is 20.5 Å². The third-order valence-electron chi connectivity index (χ3n) is 3.18. The lowest BCUT2D eigenvalue weighted by molar-refractivity contribution is -0.127. The fraction of sp³-hybridized carbons (Fsp3) is 0.385. The molecule has 3 rings (SSSR count).